The molecule has 5 nitrogen and oxygen atoms in total. The number of carbonyl (C=O) groups excluding carboxylic acids is 1. The molecule has 0 radical (unpaired) electrons. The van der Waals surface area contributed by atoms with Crippen molar-refractivity contribution in [1.29, 1.82) is 0 Å². The van der Waals surface area contributed by atoms with Crippen molar-refractivity contribution in [3.63, 3.8) is 0 Å². The van der Waals surface area contributed by atoms with E-state index in [2.05, 4.69) is 15.3 Å². The van der Waals surface area contributed by atoms with Crippen LogP contribution in [0.3, 0.4) is 0 Å². The molecule has 0 aliphatic heterocycles. The summed E-state index contributed by atoms with van der Waals surface area (Å²) in [6, 6.07) is 24.1. The van der Waals surface area contributed by atoms with E-state index >= 15 is 0 Å². The Morgan fingerprint density at radius 3 is 2.37 bits per heavy atom. The quantitative estimate of drug-likeness (QED) is 0.495. The van der Waals surface area contributed by atoms with E-state index in [1.807, 2.05) is 30.3 Å². The molecule has 148 valence electrons. The Bertz CT molecular complexity index is 1130. The highest BCUT2D eigenvalue weighted by Gasteiger charge is 2.08. The fraction of sp³-hybridized carbons (Fsp3) is 0.0417. The number of carbonyl (C=O) groups is 1. The maximum atomic E-state index is 13.1. The summed E-state index contributed by atoms with van der Waals surface area (Å²) in [6.45, 7) is 0.463. The molecule has 1 aromatic heterocycles. The summed E-state index contributed by atoms with van der Waals surface area (Å²) in [5, 5.41) is 2.89. The summed E-state index contributed by atoms with van der Waals surface area (Å²) < 4.78 is 18.9. The number of hydrogen-bond acceptors (Lipinski definition) is 4. The van der Waals surface area contributed by atoms with Gasteiger partial charge in [-0.3, -0.25) is 4.79 Å². The number of nitrogens with one attached hydrogen (secondary N) is 1. The van der Waals surface area contributed by atoms with E-state index in [4.69, 9.17) is 4.74 Å². The molecule has 0 unspecified atom stereocenters. The van der Waals surface area contributed by atoms with Gasteiger partial charge >= 0.3 is 0 Å². The van der Waals surface area contributed by atoms with Crippen molar-refractivity contribution in [1.82, 2.24) is 15.3 Å². The lowest BCUT2D eigenvalue weighted by Gasteiger charge is -2.08. The Balaban J connectivity index is 1.40. The fourth-order valence-corrected chi connectivity index (χ4v) is 2.81. The van der Waals surface area contributed by atoms with Crippen LogP contribution in [-0.2, 0) is 6.54 Å². The van der Waals surface area contributed by atoms with Gasteiger partial charge < -0.3 is 10.1 Å². The highest BCUT2D eigenvalue weighted by Crippen LogP contribution is 2.22. The zero-order chi connectivity index (χ0) is 20.8. The zero-order valence-electron chi connectivity index (χ0n) is 16.0. The van der Waals surface area contributed by atoms with Crippen LogP contribution in [0, 0.1) is 5.82 Å². The highest BCUT2D eigenvalue weighted by atomic mass is 19.1. The molecule has 1 amide bonds. The molecule has 1 heterocycles. The number of aromatic nitrogens is 2. The maximum absolute atomic E-state index is 13.1. The van der Waals surface area contributed by atoms with E-state index in [0.717, 1.165) is 5.56 Å². The predicted molar refractivity (Wildman–Crippen MR) is 112 cm³/mol. The van der Waals surface area contributed by atoms with Gasteiger partial charge in [0.25, 0.3) is 5.91 Å². The van der Waals surface area contributed by atoms with E-state index in [9.17, 15) is 9.18 Å². The van der Waals surface area contributed by atoms with Crippen LogP contribution in [0.1, 0.15) is 15.9 Å². The van der Waals surface area contributed by atoms with Crippen LogP contribution >= 0.6 is 0 Å². The van der Waals surface area contributed by atoms with Crippen molar-refractivity contribution in [2.45, 2.75) is 6.54 Å². The van der Waals surface area contributed by atoms with Crippen LogP contribution in [-0.4, -0.2) is 15.9 Å². The molecule has 4 aromatic rings. The van der Waals surface area contributed by atoms with Gasteiger partial charge in [0, 0.05) is 29.9 Å². The van der Waals surface area contributed by atoms with Crippen LogP contribution < -0.4 is 10.1 Å². The summed E-state index contributed by atoms with van der Waals surface area (Å²) in [5.41, 5.74) is 2.26. The summed E-state index contributed by atoms with van der Waals surface area (Å²) in [6.07, 6.45) is 1.58. The Morgan fingerprint density at radius 2 is 1.63 bits per heavy atom. The number of benzene rings is 3. The lowest BCUT2D eigenvalue weighted by atomic mass is 10.2. The van der Waals surface area contributed by atoms with Gasteiger partial charge in [-0.2, -0.15) is 4.98 Å². The summed E-state index contributed by atoms with van der Waals surface area (Å²) in [5.74, 6) is 0.846. The lowest BCUT2D eigenvalue weighted by molar-refractivity contribution is 0.0951. The first kappa shape index (κ1) is 19.3. The number of nitrogens with zero attached hydrogens (tertiary/aromatic N) is 2. The zero-order valence-corrected chi connectivity index (χ0v) is 16.0. The van der Waals surface area contributed by atoms with Crippen LogP contribution in [0.2, 0.25) is 0 Å². The van der Waals surface area contributed by atoms with Gasteiger partial charge in [-0.1, -0.05) is 30.3 Å². The van der Waals surface area contributed by atoms with E-state index in [0.29, 0.717) is 35.1 Å². The van der Waals surface area contributed by atoms with Crippen molar-refractivity contribution in [3.05, 3.63) is 108 Å². The van der Waals surface area contributed by atoms with Crippen molar-refractivity contribution in [3.8, 4) is 23.0 Å². The van der Waals surface area contributed by atoms with E-state index in [-0.39, 0.29) is 11.7 Å². The average Bonchev–Trinajstić information content (AvgIpc) is 2.79. The molecular weight excluding hydrogens is 381 g/mol. The molecule has 0 atom stereocenters. The van der Waals surface area contributed by atoms with E-state index in [1.165, 1.54) is 12.1 Å². The molecule has 0 fully saturated rings. The third kappa shape index (κ3) is 4.86. The molecule has 0 bridgehead atoms. The van der Waals surface area contributed by atoms with Crippen molar-refractivity contribution in [2.24, 2.45) is 0 Å². The van der Waals surface area contributed by atoms with Crippen molar-refractivity contribution >= 4 is 5.91 Å². The Kier molecular flexibility index (Phi) is 5.75. The molecule has 0 aliphatic rings. The third-order valence-electron chi connectivity index (χ3n) is 4.37. The molecule has 0 spiro atoms. The summed E-state index contributed by atoms with van der Waals surface area (Å²) in [7, 11) is 0. The summed E-state index contributed by atoms with van der Waals surface area (Å²) in [4.78, 5) is 20.9. The number of amides is 1. The van der Waals surface area contributed by atoms with Gasteiger partial charge in [0.2, 0.25) is 5.88 Å². The first-order valence-corrected chi connectivity index (χ1v) is 9.36. The lowest BCUT2D eigenvalue weighted by Crippen LogP contribution is -2.22. The number of rotatable bonds is 6. The number of ether oxygens (including phenoxy) is 1. The van der Waals surface area contributed by atoms with E-state index in [1.54, 1.807) is 48.7 Å². The van der Waals surface area contributed by atoms with Crippen LogP contribution in [0.15, 0.2) is 91.1 Å². The smallest absolute Gasteiger partial charge is 0.251 e. The molecule has 1 N–H and O–H groups in total. The molecule has 0 saturated carbocycles. The van der Waals surface area contributed by atoms with Crippen LogP contribution in [0.25, 0.3) is 11.4 Å². The third-order valence-corrected chi connectivity index (χ3v) is 4.37. The molecule has 30 heavy (non-hydrogen) atoms. The van der Waals surface area contributed by atoms with Crippen LogP contribution in [0.4, 0.5) is 4.39 Å². The first-order chi connectivity index (χ1) is 14.7. The van der Waals surface area contributed by atoms with Crippen molar-refractivity contribution in [2.75, 3.05) is 0 Å². The van der Waals surface area contributed by atoms with Gasteiger partial charge in [0.05, 0.1) is 0 Å². The minimum atomic E-state index is -0.320. The fourth-order valence-electron chi connectivity index (χ4n) is 2.81. The van der Waals surface area contributed by atoms with E-state index < -0.39 is 0 Å². The Hall–Kier alpha value is -4.06. The predicted octanol–water partition coefficient (Wildman–Crippen LogP) is 5.01. The van der Waals surface area contributed by atoms with Crippen LogP contribution in [0.5, 0.6) is 11.6 Å². The Labute approximate surface area is 173 Å². The monoisotopic (exact) mass is 399 g/mol. The second kappa shape index (κ2) is 8.96. The van der Waals surface area contributed by atoms with Gasteiger partial charge in [-0.05, 0) is 54.1 Å². The normalized spacial score (nSPS) is 10.4. The SMILES string of the molecule is O=C(NCc1ccccc1)c1ccc(Oc2ccnc(-c3ccc(F)cc3)n2)cc1. The van der Waals surface area contributed by atoms with Crippen molar-refractivity contribution < 1.29 is 13.9 Å². The molecule has 3 aromatic carbocycles. The minimum Gasteiger partial charge on any atom is -0.439 e. The van der Waals surface area contributed by atoms with Gasteiger partial charge in [-0.15, -0.1) is 0 Å². The number of halogens is 1. The van der Waals surface area contributed by atoms with Gasteiger partial charge in [0.1, 0.15) is 11.6 Å². The first-order valence-electron chi connectivity index (χ1n) is 9.36. The molecular formula is C24H18FN3O2. The molecule has 4 rings (SSSR count). The number of hydrogen-bond donors (Lipinski definition) is 1. The minimum absolute atomic E-state index is 0.161. The topological polar surface area (TPSA) is 64.1 Å². The second-order valence-electron chi connectivity index (χ2n) is 6.52. The summed E-state index contributed by atoms with van der Waals surface area (Å²) >= 11 is 0. The maximum Gasteiger partial charge on any atom is 0.251 e. The average molecular weight is 399 g/mol. The molecule has 6 heteroatoms. The Morgan fingerprint density at radius 1 is 0.900 bits per heavy atom. The van der Waals surface area contributed by atoms with Gasteiger partial charge in [-0.25, -0.2) is 9.37 Å². The molecule has 0 saturated heterocycles. The second-order valence-corrected chi connectivity index (χ2v) is 6.52. The standard InChI is InChI=1S/C24H18FN3O2/c25-20-10-6-18(7-11-20)23-26-15-14-22(28-23)30-21-12-8-19(9-13-21)24(29)27-16-17-4-2-1-3-5-17/h1-15H,16H2,(H,27,29). The largest absolute Gasteiger partial charge is 0.439 e. The van der Waals surface area contributed by atoms with Gasteiger partial charge in [0.15, 0.2) is 5.82 Å². The highest BCUT2D eigenvalue weighted by molar-refractivity contribution is 5.94. The molecule has 0 aliphatic carbocycles.